The minimum atomic E-state index is -0.538. The standard InChI is InChI=1S/C13H22N4O2/c1-9(16-12(19)13(2,3)4)11(18)17(5)8-10-6-14-15-7-10/h6-7,9H,8H2,1-5H3,(H,14,15)(H,16,19). The van der Waals surface area contributed by atoms with Crippen molar-refractivity contribution >= 4 is 11.8 Å². The number of carbonyl (C=O) groups excluding carboxylic acids is 2. The summed E-state index contributed by atoms with van der Waals surface area (Å²) in [6.07, 6.45) is 3.41. The number of nitrogens with zero attached hydrogens (tertiary/aromatic N) is 2. The largest absolute Gasteiger partial charge is 0.344 e. The van der Waals surface area contributed by atoms with Crippen LogP contribution in [-0.4, -0.2) is 40.0 Å². The van der Waals surface area contributed by atoms with Gasteiger partial charge in [-0.25, -0.2) is 0 Å². The van der Waals surface area contributed by atoms with Gasteiger partial charge < -0.3 is 10.2 Å². The predicted molar refractivity (Wildman–Crippen MR) is 72.1 cm³/mol. The lowest BCUT2D eigenvalue weighted by Gasteiger charge is -2.25. The summed E-state index contributed by atoms with van der Waals surface area (Å²) < 4.78 is 0. The molecule has 1 heterocycles. The van der Waals surface area contributed by atoms with Crippen molar-refractivity contribution in [1.29, 1.82) is 0 Å². The molecule has 6 heteroatoms. The maximum Gasteiger partial charge on any atom is 0.244 e. The third-order valence-electron chi connectivity index (χ3n) is 2.75. The SMILES string of the molecule is CC(NC(=O)C(C)(C)C)C(=O)N(C)Cc1cn[nH]c1. The Labute approximate surface area is 113 Å². The molecule has 0 radical (unpaired) electrons. The van der Waals surface area contributed by atoms with Crippen molar-refractivity contribution in [3.8, 4) is 0 Å². The Hall–Kier alpha value is -1.85. The normalized spacial score (nSPS) is 12.9. The lowest BCUT2D eigenvalue weighted by Crippen LogP contribution is -2.48. The van der Waals surface area contributed by atoms with Gasteiger partial charge in [-0.3, -0.25) is 14.7 Å². The van der Waals surface area contributed by atoms with Gasteiger partial charge in [0.2, 0.25) is 11.8 Å². The van der Waals surface area contributed by atoms with E-state index in [0.29, 0.717) is 6.54 Å². The Balaban J connectivity index is 2.54. The summed E-state index contributed by atoms with van der Waals surface area (Å²) in [7, 11) is 1.70. The summed E-state index contributed by atoms with van der Waals surface area (Å²) in [5.74, 6) is -0.260. The molecule has 0 saturated heterocycles. The Bertz CT molecular complexity index is 434. The van der Waals surface area contributed by atoms with E-state index in [0.717, 1.165) is 5.56 Å². The molecule has 0 saturated carbocycles. The van der Waals surface area contributed by atoms with Gasteiger partial charge in [0.05, 0.1) is 6.20 Å². The van der Waals surface area contributed by atoms with Crippen molar-refractivity contribution in [1.82, 2.24) is 20.4 Å². The molecule has 0 fully saturated rings. The third kappa shape index (κ3) is 4.39. The minimum Gasteiger partial charge on any atom is -0.344 e. The van der Waals surface area contributed by atoms with Gasteiger partial charge in [0.25, 0.3) is 0 Å². The third-order valence-corrected chi connectivity index (χ3v) is 2.75. The Morgan fingerprint density at radius 1 is 1.47 bits per heavy atom. The van der Waals surface area contributed by atoms with Crippen LogP contribution in [0.1, 0.15) is 33.3 Å². The molecule has 6 nitrogen and oxygen atoms in total. The van der Waals surface area contributed by atoms with Gasteiger partial charge in [-0.1, -0.05) is 20.8 Å². The van der Waals surface area contributed by atoms with E-state index in [2.05, 4.69) is 15.5 Å². The van der Waals surface area contributed by atoms with Gasteiger partial charge in [-0.05, 0) is 6.92 Å². The molecule has 0 aliphatic carbocycles. The van der Waals surface area contributed by atoms with Gasteiger partial charge in [0, 0.05) is 30.8 Å². The molecule has 0 aromatic carbocycles. The number of carbonyl (C=O) groups is 2. The van der Waals surface area contributed by atoms with Crippen molar-refractivity contribution in [3.63, 3.8) is 0 Å². The Morgan fingerprint density at radius 3 is 2.58 bits per heavy atom. The Kier molecular flexibility index (Phi) is 4.69. The molecule has 1 aromatic heterocycles. The number of hydrogen-bond donors (Lipinski definition) is 2. The molecular formula is C13H22N4O2. The van der Waals surface area contributed by atoms with Crippen molar-refractivity contribution in [2.24, 2.45) is 5.41 Å². The van der Waals surface area contributed by atoms with Crippen molar-refractivity contribution in [2.45, 2.75) is 40.3 Å². The fourth-order valence-electron chi connectivity index (χ4n) is 1.52. The van der Waals surface area contributed by atoms with E-state index >= 15 is 0 Å². The molecule has 0 aliphatic heterocycles. The molecule has 0 aliphatic rings. The average molecular weight is 266 g/mol. The maximum absolute atomic E-state index is 12.1. The second kappa shape index (κ2) is 5.86. The second-order valence-electron chi connectivity index (χ2n) is 5.75. The number of amides is 2. The first-order valence-electron chi connectivity index (χ1n) is 6.25. The quantitative estimate of drug-likeness (QED) is 0.850. The van der Waals surface area contributed by atoms with Crippen LogP contribution in [0.15, 0.2) is 12.4 Å². The Morgan fingerprint density at radius 2 is 2.11 bits per heavy atom. The van der Waals surface area contributed by atoms with E-state index in [4.69, 9.17) is 0 Å². The van der Waals surface area contributed by atoms with Crippen LogP contribution < -0.4 is 5.32 Å². The smallest absolute Gasteiger partial charge is 0.244 e. The van der Waals surface area contributed by atoms with Crippen LogP contribution in [0, 0.1) is 5.41 Å². The molecule has 0 bridgehead atoms. The molecule has 0 spiro atoms. The van der Waals surface area contributed by atoms with Gasteiger partial charge in [0.15, 0.2) is 0 Å². The highest BCUT2D eigenvalue weighted by Gasteiger charge is 2.26. The van der Waals surface area contributed by atoms with Crippen LogP contribution in [-0.2, 0) is 16.1 Å². The monoisotopic (exact) mass is 266 g/mol. The highest BCUT2D eigenvalue weighted by atomic mass is 16.2. The van der Waals surface area contributed by atoms with Gasteiger partial charge in [-0.2, -0.15) is 5.10 Å². The topological polar surface area (TPSA) is 78.1 Å². The minimum absolute atomic E-state index is 0.126. The number of rotatable bonds is 4. The number of hydrogen-bond acceptors (Lipinski definition) is 3. The van der Waals surface area contributed by atoms with E-state index in [1.54, 1.807) is 31.3 Å². The molecule has 1 atom stereocenters. The van der Waals surface area contributed by atoms with E-state index in [9.17, 15) is 9.59 Å². The molecule has 1 unspecified atom stereocenters. The van der Waals surface area contributed by atoms with Crippen LogP contribution in [0.5, 0.6) is 0 Å². The maximum atomic E-state index is 12.1. The summed E-state index contributed by atoms with van der Waals surface area (Å²) in [5, 5.41) is 9.25. The molecule has 106 valence electrons. The zero-order valence-electron chi connectivity index (χ0n) is 12.2. The molecule has 19 heavy (non-hydrogen) atoms. The zero-order chi connectivity index (χ0) is 14.6. The van der Waals surface area contributed by atoms with E-state index in [1.807, 2.05) is 20.8 Å². The van der Waals surface area contributed by atoms with Crippen LogP contribution in [0.25, 0.3) is 0 Å². The first kappa shape index (κ1) is 15.2. The predicted octanol–water partition coefficient (Wildman–Crippen LogP) is 0.919. The van der Waals surface area contributed by atoms with Crippen molar-refractivity contribution < 1.29 is 9.59 Å². The number of likely N-dealkylation sites (N-methyl/N-ethyl adjacent to an activating group) is 1. The molecule has 1 rings (SSSR count). The summed E-state index contributed by atoms with van der Waals surface area (Å²) in [4.78, 5) is 25.5. The van der Waals surface area contributed by atoms with Gasteiger partial charge in [-0.15, -0.1) is 0 Å². The fraction of sp³-hybridized carbons (Fsp3) is 0.615. The highest BCUT2D eigenvalue weighted by Crippen LogP contribution is 2.13. The van der Waals surface area contributed by atoms with Crippen LogP contribution in [0.2, 0.25) is 0 Å². The lowest BCUT2D eigenvalue weighted by atomic mass is 9.95. The first-order valence-corrected chi connectivity index (χ1v) is 6.25. The van der Waals surface area contributed by atoms with E-state index < -0.39 is 11.5 Å². The van der Waals surface area contributed by atoms with Crippen LogP contribution in [0.3, 0.4) is 0 Å². The highest BCUT2D eigenvalue weighted by molar-refractivity contribution is 5.89. The molecular weight excluding hydrogens is 244 g/mol. The summed E-state index contributed by atoms with van der Waals surface area (Å²) in [6.45, 7) is 7.60. The van der Waals surface area contributed by atoms with E-state index in [1.165, 1.54) is 0 Å². The number of aromatic nitrogens is 2. The van der Waals surface area contributed by atoms with Crippen LogP contribution in [0.4, 0.5) is 0 Å². The number of nitrogens with one attached hydrogen (secondary N) is 2. The fourth-order valence-corrected chi connectivity index (χ4v) is 1.52. The van der Waals surface area contributed by atoms with Crippen LogP contribution >= 0.6 is 0 Å². The molecule has 1 aromatic rings. The zero-order valence-corrected chi connectivity index (χ0v) is 12.2. The summed E-state index contributed by atoms with van der Waals surface area (Å²) in [6, 6.07) is -0.538. The van der Waals surface area contributed by atoms with Crippen molar-refractivity contribution in [3.05, 3.63) is 18.0 Å². The summed E-state index contributed by atoms with van der Waals surface area (Å²) >= 11 is 0. The van der Waals surface area contributed by atoms with Gasteiger partial charge >= 0.3 is 0 Å². The summed E-state index contributed by atoms with van der Waals surface area (Å²) in [5.41, 5.74) is 0.419. The van der Waals surface area contributed by atoms with E-state index in [-0.39, 0.29) is 11.8 Å². The van der Waals surface area contributed by atoms with Crippen molar-refractivity contribution in [2.75, 3.05) is 7.05 Å². The van der Waals surface area contributed by atoms with Gasteiger partial charge in [0.1, 0.15) is 6.04 Å². The second-order valence-corrected chi connectivity index (χ2v) is 5.75. The average Bonchev–Trinajstić information content (AvgIpc) is 2.79. The molecule has 2 N–H and O–H groups in total. The number of aromatic amines is 1. The number of H-pyrrole nitrogens is 1. The lowest BCUT2D eigenvalue weighted by molar-refractivity contribution is -0.137. The molecule has 2 amide bonds. The first-order chi connectivity index (χ1) is 8.71.